The zero-order chi connectivity index (χ0) is 20.3. The Morgan fingerprint density at radius 2 is 1.82 bits per heavy atom. The Bertz CT molecular complexity index is 1100. The van der Waals surface area contributed by atoms with Gasteiger partial charge in [-0.1, -0.05) is 34.1 Å². The molecule has 0 aliphatic carbocycles. The van der Waals surface area contributed by atoms with Crippen LogP contribution in [0.5, 0.6) is 0 Å². The molecule has 0 aliphatic rings. The summed E-state index contributed by atoms with van der Waals surface area (Å²) in [6.07, 6.45) is 0. The summed E-state index contributed by atoms with van der Waals surface area (Å²) in [5.41, 5.74) is 6.53. The number of halogens is 1. The van der Waals surface area contributed by atoms with Gasteiger partial charge in [-0.25, -0.2) is 17.9 Å². The van der Waals surface area contributed by atoms with Crippen molar-refractivity contribution in [1.82, 2.24) is 9.78 Å². The summed E-state index contributed by atoms with van der Waals surface area (Å²) in [5.74, 6) is -1.00. The zero-order valence-electron chi connectivity index (χ0n) is 14.8. The highest BCUT2D eigenvalue weighted by Crippen LogP contribution is 2.28. The average Bonchev–Trinajstić information content (AvgIpc) is 2.98. The third-order valence-corrected chi connectivity index (χ3v) is 5.64. The summed E-state index contributed by atoms with van der Waals surface area (Å²) < 4.78 is 34.8. The molecule has 3 rings (SSSR count). The largest absolute Gasteiger partial charge is 0.462 e. The van der Waals surface area contributed by atoms with Gasteiger partial charge in [0.05, 0.1) is 17.2 Å². The van der Waals surface area contributed by atoms with Gasteiger partial charge in [0.1, 0.15) is 11.4 Å². The third-order valence-electron chi connectivity index (χ3n) is 3.76. The van der Waals surface area contributed by atoms with Crippen LogP contribution in [0.3, 0.4) is 0 Å². The monoisotopic (exact) mass is 464 g/mol. The van der Waals surface area contributed by atoms with Crippen molar-refractivity contribution < 1.29 is 17.9 Å². The Kier molecular flexibility index (Phi) is 5.71. The maximum absolute atomic E-state index is 12.7. The number of para-hydroxylation sites is 1. The Labute approximate surface area is 170 Å². The summed E-state index contributed by atoms with van der Waals surface area (Å²) in [5, 5.41) is 4.20. The van der Waals surface area contributed by atoms with Gasteiger partial charge in [0, 0.05) is 4.47 Å². The smallest absolute Gasteiger partial charge is 0.345 e. The molecule has 3 N–H and O–H groups in total. The molecule has 0 saturated heterocycles. The first-order valence-corrected chi connectivity index (χ1v) is 10.5. The van der Waals surface area contributed by atoms with Crippen LogP contribution in [0.15, 0.2) is 64.0 Å². The van der Waals surface area contributed by atoms with E-state index in [2.05, 4.69) is 25.8 Å². The molecule has 0 spiro atoms. The molecule has 0 bridgehead atoms. The second kappa shape index (κ2) is 8.03. The van der Waals surface area contributed by atoms with Crippen molar-refractivity contribution in [3.63, 3.8) is 0 Å². The van der Waals surface area contributed by atoms with Gasteiger partial charge in [0.25, 0.3) is 10.0 Å². The quantitative estimate of drug-likeness (QED) is 0.541. The molecule has 8 nitrogen and oxygen atoms in total. The topological polar surface area (TPSA) is 116 Å². The first-order valence-electron chi connectivity index (χ1n) is 8.23. The van der Waals surface area contributed by atoms with Gasteiger partial charge in [-0.2, -0.15) is 0 Å². The zero-order valence-corrected chi connectivity index (χ0v) is 17.2. The van der Waals surface area contributed by atoms with Crippen LogP contribution in [-0.4, -0.2) is 30.8 Å². The van der Waals surface area contributed by atoms with Crippen molar-refractivity contribution in [3.8, 4) is 5.69 Å². The van der Waals surface area contributed by atoms with Gasteiger partial charge >= 0.3 is 5.97 Å². The summed E-state index contributed by atoms with van der Waals surface area (Å²) in [6, 6.07) is 14.8. The van der Waals surface area contributed by atoms with E-state index < -0.39 is 16.0 Å². The maximum Gasteiger partial charge on any atom is 0.345 e. The fraction of sp³-hybridized carbons (Fsp3) is 0.111. The molecular weight excluding hydrogens is 448 g/mol. The average molecular weight is 465 g/mol. The predicted molar refractivity (Wildman–Crippen MR) is 109 cm³/mol. The lowest BCUT2D eigenvalue weighted by molar-refractivity contribution is 0.0529. The van der Waals surface area contributed by atoms with E-state index in [4.69, 9.17) is 10.5 Å². The fourth-order valence-corrected chi connectivity index (χ4v) is 3.75. The van der Waals surface area contributed by atoms with Gasteiger partial charge in [-0.3, -0.25) is 4.72 Å². The van der Waals surface area contributed by atoms with Crippen LogP contribution in [0.1, 0.15) is 17.3 Å². The number of hydrogen-bond donors (Lipinski definition) is 2. The van der Waals surface area contributed by atoms with E-state index in [0.717, 1.165) is 4.47 Å². The highest BCUT2D eigenvalue weighted by molar-refractivity contribution is 9.10. The Morgan fingerprint density at radius 3 is 2.43 bits per heavy atom. The van der Waals surface area contributed by atoms with Crippen LogP contribution in [0, 0.1) is 0 Å². The number of nitrogens with two attached hydrogens (primary N) is 1. The number of rotatable bonds is 6. The molecule has 28 heavy (non-hydrogen) atoms. The van der Waals surface area contributed by atoms with Gasteiger partial charge in [-0.05, 0) is 43.3 Å². The molecule has 0 saturated carbocycles. The fourth-order valence-electron chi connectivity index (χ4n) is 2.47. The van der Waals surface area contributed by atoms with Crippen LogP contribution in [0.2, 0.25) is 0 Å². The van der Waals surface area contributed by atoms with E-state index in [-0.39, 0.29) is 28.7 Å². The predicted octanol–water partition coefficient (Wildman–Crippen LogP) is 3.19. The van der Waals surface area contributed by atoms with Crippen molar-refractivity contribution in [3.05, 3.63) is 64.6 Å². The Hall–Kier alpha value is -2.85. The number of anilines is 2. The van der Waals surface area contributed by atoms with Gasteiger partial charge in [0.15, 0.2) is 5.82 Å². The number of nitrogens with one attached hydrogen (secondary N) is 1. The SMILES string of the molecule is CCOC(=O)c1c(NS(=O)(=O)c2ccc(Br)cc2)nn(-c2ccccc2)c1N. The summed E-state index contributed by atoms with van der Waals surface area (Å²) in [6.45, 7) is 1.75. The van der Waals surface area contributed by atoms with E-state index in [0.29, 0.717) is 5.69 Å². The third kappa shape index (κ3) is 4.02. The molecule has 146 valence electrons. The van der Waals surface area contributed by atoms with E-state index in [1.165, 1.54) is 16.8 Å². The van der Waals surface area contributed by atoms with E-state index >= 15 is 0 Å². The molecule has 3 aromatic rings. The second-order valence-corrected chi connectivity index (χ2v) is 8.23. The van der Waals surface area contributed by atoms with Crippen molar-refractivity contribution in [1.29, 1.82) is 0 Å². The lowest BCUT2D eigenvalue weighted by Crippen LogP contribution is -2.16. The number of sulfonamides is 1. The number of carbonyl (C=O) groups is 1. The first-order chi connectivity index (χ1) is 13.3. The van der Waals surface area contributed by atoms with E-state index in [9.17, 15) is 13.2 Å². The molecule has 10 heteroatoms. The number of nitrogens with zero attached hydrogens (tertiary/aromatic N) is 2. The standard InChI is InChI=1S/C18H17BrN4O4S/c1-2-27-18(24)15-16(20)23(13-6-4-3-5-7-13)21-17(15)22-28(25,26)14-10-8-12(19)9-11-14/h3-11H,2,20H2,1H3,(H,21,22). The molecule has 0 aliphatic heterocycles. The van der Waals surface area contributed by atoms with Gasteiger partial charge < -0.3 is 10.5 Å². The normalized spacial score (nSPS) is 11.2. The van der Waals surface area contributed by atoms with Crippen molar-refractivity contribution in [2.24, 2.45) is 0 Å². The highest BCUT2D eigenvalue weighted by atomic mass is 79.9. The number of ether oxygens (including phenoxy) is 1. The summed E-state index contributed by atoms with van der Waals surface area (Å²) in [4.78, 5) is 12.4. The van der Waals surface area contributed by atoms with Crippen LogP contribution in [0.4, 0.5) is 11.6 Å². The van der Waals surface area contributed by atoms with Crippen LogP contribution < -0.4 is 10.5 Å². The van der Waals surface area contributed by atoms with Crippen LogP contribution in [0.25, 0.3) is 5.69 Å². The number of esters is 1. The minimum Gasteiger partial charge on any atom is -0.462 e. The molecule has 0 unspecified atom stereocenters. The number of hydrogen-bond acceptors (Lipinski definition) is 6. The Balaban J connectivity index is 2.08. The van der Waals surface area contributed by atoms with Crippen molar-refractivity contribution in [2.45, 2.75) is 11.8 Å². The second-order valence-electron chi connectivity index (χ2n) is 5.64. The van der Waals surface area contributed by atoms with Crippen molar-refractivity contribution in [2.75, 3.05) is 17.1 Å². The maximum atomic E-state index is 12.7. The number of carbonyl (C=O) groups excluding carboxylic acids is 1. The molecule has 1 aromatic heterocycles. The van der Waals surface area contributed by atoms with Crippen molar-refractivity contribution >= 4 is 43.6 Å². The van der Waals surface area contributed by atoms with Crippen LogP contribution in [-0.2, 0) is 14.8 Å². The minimum atomic E-state index is -4.00. The molecular formula is C18H17BrN4O4S. The molecule has 2 aromatic carbocycles. The van der Waals surface area contributed by atoms with Gasteiger partial charge in [0.2, 0.25) is 0 Å². The summed E-state index contributed by atoms with van der Waals surface area (Å²) >= 11 is 3.26. The lowest BCUT2D eigenvalue weighted by Gasteiger charge is -2.07. The Morgan fingerprint density at radius 1 is 1.18 bits per heavy atom. The first kappa shape index (κ1) is 19.9. The highest BCUT2D eigenvalue weighted by Gasteiger charge is 2.27. The molecule has 0 radical (unpaired) electrons. The summed E-state index contributed by atoms with van der Waals surface area (Å²) in [7, 11) is -4.00. The van der Waals surface area contributed by atoms with Crippen LogP contribution >= 0.6 is 15.9 Å². The van der Waals surface area contributed by atoms with E-state index in [1.54, 1.807) is 43.3 Å². The number of nitrogen functional groups attached to an aromatic ring is 1. The van der Waals surface area contributed by atoms with E-state index in [1.807, 2.05) is 6.07 Å². The molecule has 1 heterocycles. The molecule has 0 atom stereocenters. The minimum absolute atomic E-state index is 0.0124. The lowest BCUT2D eigenvalue weighted by atomic mass is 10.3. The molecule has 0 fully saturated rings. The number of benzene rings is 2. The van der Waals surface area contributed by atoms with Gasteiger partial charge in [-0.15, -0.1) is 5.10 Å². The molecule has 0 amide bonds. The number of aromatic nitrogens is 2.